The second kappa shape index (κ2) is 10.4. The van der Waals surface area contributed by atoms with Crippen molar-refractivity contribution in [3.05, 3.63) is 59.6 Å². The largest absolute Gasteiger partial charge is 0.381 e. The van der Waals surface area contributed by atoms with Gasteiger partial charge in [-0.15, -0.1) is 0 Å². The minimum Gasteiger partial charge on any atom is -0.381 e. The molecule has 5 heterocycles. The highest BCUT2D eigenvalue weighted by molar-refractivity contribution is 7.90. The summed E-state index contributed by atoms with van der Waals surface area (Å²) in [6, 6.07) is 4.10. The third-order valence-electron chi connectivity index (χ3n) is 7.59. The molecule has 1 N–H and O–H groups in total. The van der Waals surface area contributed by atoms with Gasteiger partial charge in [0.2, 0.25) is 0 Å². The van der Waals surface area contributed by atoms with Gasteiger partial charge in [0.05, 0.1) is 40.0 Å². The maximum Gasteiger partial charge on any atom is 0.256 e. The minimum atomic E-state index is -3.46. The van der Waals surface area contributed by atoms with Crippen molar-refractivity contribution in [2.45, 2.75) is 70.2 Å². The molecule has 1 aliphatic carbocycles. The first-order valence-electron chi connectivity index (χ1n) is 13.7. The number of ether oxygens (including phenoxy) is 1. The molecule has 0 unspecified atom stereocenters. The molecule has 12 heteroatoms. The van der Waals surface area contributed by atoms with E-state index in [1.165, 1.54) is 12.4 Å². The summed E-state index contributed by atoms with van der Waals surface area (Å²) in [5.74, 6) is 0.331. The maximum absolute atomic E-state index is 13.4. The Balaban J connectivity index is 1.28. The van der Waals surface area contributed by atoms with Gasteiger partial charge in [-0.2, -0.15) is 9.19 Å². The third-order valence-corrected chi connectivity index (χ3v) is 9.63. The van der Waals surface area contributed by atoms with Crippen LogP contribution in [0.15, 0.2) is 36.9 Å². The van der Waals surface area contributed by atoms with Crippen molar-refractivity contribution >= 4 is 26.8 Å². The Bertz CT molecular complexity index is 1680. The van der Waals surface area contributed by atoms with Crippen molar-refractivity contribution in [2.24, 2.45) is 0 Å². The fraction of sp³-hybridized carbons (Fsp3) is 0.464. The summed E-state index contributed by atoms with van der Waals surface area (Å²) in [7, 11) is -3.46. The number of pyridine rings is 1. The third kappa shape index (κ3) is 5.01. The lowest BCUT2D eigenvalue weighted by molar-refractivity contribution is 0.0697. The smallest absolute Gasteiger partial charge is 0.256 e. The molecule has 4 aromatic rings. The summed E-state index contributed by atoms with van der Waals surface area (Å²) >= 11 is 0. The molecule has 0 aromatic carbocycles. The average molecular weight is 564 g/mol. The van der Waals surface area contributed by atoms with Gasteiger partial charge >= 0.3 is 0 Å². The molecule has 6 rings (SSSR count). The van der Waals surface area contributed by atoms with Crippen molar-refractivity contribution in [3.63, 3.8) is 0 Å². The van der Waals surface area contributed by atoms with Crippen molar-refractivity contribution < 1.29 is 17.9 Å². The van der Waals surface area contributed by atoms with Gasteiger partial charge in [0.25, 0.3) is 15.9 Å². The van der Waals surface area contributed by atoms with E-state index in [1.54, 1.807) is 12.4 Å². The molecule has 0 atom stereocenters. The number of hydrogen-bond donors (Lipinski definition) is 1. The van der Waals surface area contributed by atoms with Crippen molar-refractivity contribution in [2.75, 3.05) is 13.2 Å². The SMILES string of the molecule is Cc1c(C(=O)NC2CCOCC2)c2cnc(Cc3ccnc(-c4cnn(S(=O)(=O)C5CC5)c4)n3)cc2n1C(C)C. The van der Waals surface area contributed by atoms with Crippen LogP contribution in [0, 0.1) is 6.92 Å². The van der Waals surface area contributed by atoms with E-state index in [-0.39, 0.29) is 23.2 Å². The lowest BCUT2D eigenvalue weighted by Gasteiger charge is -2.23. The number of fused-ring (bicyclic) bond motifs is 1. The molecule has 210 valence electrons. The number of aromatic nitrogens is 6. The molecule has 0 bridgehead atoms. The summed E-state index contributed by atoms with van der Waals surface area (Å²) < 4.78 is 33.7. The highest BCUT2D eigenvalue weighted by Gasteiger charge is 2.37. The van der Waals surface area contributed by atoms with Crippen molar-refractivity contribution in [1.82, 2.24) is 34.0 Å². The van der Waals surface area contributed by atoms with E-state index in [0.717, 1.165) is 44.9 Å². The van der Waals surface area contributed by atoms with E-state index in [9.17, 15) is 13.2 Å². The van der Waals surface area contributed by atoms with Crippen molar-refractivity contribution in [3.8, 4) is 11.4 Å². The lowest BCUT2D eigenvalue weighted by Crippen LogP contribution is -2.39. The van der Waals surface area contributed by atoms with Crippen LogP contribution in [0.3, 0.4) is 0 Å². The molecule has 1 saturated carbocycles. The van der Waals surface area contributed by atoms with E-state index >= 15 is 0 Å². The monoisotopic (exact) mass is 563 g/mol. The Morgan fingerprint density at radius 1 is 1.12 bits per heavy atom. The van der Waals surface area contributed by atoms with E-state index < -0.39 is 10.0 Å². The zero-order chi connectivity index (χ0) is 28.0. The number of carbonyl (C=O) groups excluding carboxylic acids is 1. The molecule has 1 aliphatic heterocycles. The number of carbonyl (C=O) groups is 1. The standard InChI is InChI=1S/C28H33N7O4S/c1-17(2)35-18(3)26(28(36)33-20-7-10-39-11-8-20)24-15-30-22(13-25(24)35)12-21-6-9-29-27(32-21)19-14-31-34(16-19)40(37,38)23-4-5-23/h6,9,13-17,20,23H,4-5,7-8,10-12H2,1-3H3,(H,33,36). The first-order valence-corrected chi connectivity index (χ1v) is 15.2. The zero-order valence-corrected chi connectivity index (χ0v) is 23.7. The predicted molar refractivity (Wildman–Crippen MR) is 150 cm³/mol. The van der Waals surface area contributed by atoms with Crippen LogP contribution in [-0.2, 0) is 21.2 Å². The van der Waals surface area contributed by atoms with Gasteiger partial charge in [0.1, 0.15) is 0 Å². The molecule has 1 saturated heterocycles. The van der Waals surface area contributed by atoms with E-state index in [4.69, 9.17) is 9.72 Å². The van der Waals surface area contributed by atoms with Gasteiger partial charge in [-0.25, -0.2) is 18.4 Å². The highest BCUT2D eigenvalue weighted by Crippen LogP contribution is 2.31. The van der Waals surface area contributed by atoms with Crippen LogP contribution in [-0.4, -0.2) is 67.5 Å². The number of amides is 1. The Labute approximate surface area is 233 Å². The van der Waals surface area contributed by atoms with Gasteiger partial charge in [-0.05, 0) is 58.6 Å². The zero-order valence-electron chi connectivity index (χ0n) is 22.9. The molecule has 1 amide bonds. The summed E-state index contributed by atoms with van der Waals surface area (Å²) in [5.41, 5.74) is 4.62. The predicted octanol–water partition coefficient (Wildman–Crippen LogP) is 3.42. The molecule has 2 aliphatic rings. The minimum absolute atomic E-state index is 0.0759. The first-order chi connectivity index (χ1) is 19.2. The summed E-state index contributed by atoms with van der Waals surface area (Å²) in [6.45, 7) is 7.52. The number of rotatable bonds is 8. The van der Waals surface area contributed by atoms with Crippen LogP contribution in [0.4, 0.5) is 0 Å². The van der Waals surface area contributed by atoms with Gasteiger partial charge in [-0.1, -0.05) is 0 Å². The number of nitrogens with one attached hydrogen (secondary N) is 1. The first kappa shape index (κ1) is 26.6. The normalized spacial score (nSPS) is 16.6. The summed E-state index contributed by atoms with van der Waals surface area (Å²) in [4.78, 5) is 27.1. The molecule has 11 nitrogen and oxygen atoms in total. The quantitative estimate of drug-likeness (QED) is 0.345. The molecule has 0 radical (unpaired) electrons. The summed E-state index contributed by atoms with van der Waals surface area (Å²) in [6.07, 6.45) is 9.81. The fourth-order valence-corrected chi connectivity index (χ4v) is 6.90. The van der Waals surface area contributed by atoms with Crippen LogP contribution in [0.1, 0.15) is 73.0 Å². The Hall–Kier alpha value is -3.64. The van der Waals surface area contributed by atoms with Crippen LogP contribution in [0.5, 0.6) is 0 Å². The Kier molecular flexibility index (Phi) is 6.91. The van der Waals surface area contributed by atoms with Crippen molar-refractivity contribution in [1.29, 1.82) is 0 Å². The number of hydrogen-bond acceptors (Lipinski definition) is 8. The Morgan fingerprint density at radius 3 is 2.62 bits per heavy atom. The van der Waals surface area contributed by atoms with E-state index in [1.807, 2.05) is 19.1 Å². The molecule has 40 heavy (non-hydrogen) atoms. The fourth-order valence-electron chi connectivity index (χ4n) is 5.42. The van der Waals surface area contributed by atoms with Crippen LogP contribution in [0.2, 0.25) is 0 Å². The van der Waals surface area contributed by atoms with E-state index in [0.29, 0.717) is 49.4 Å². The van der Waals surface area contributed by atoms with Crippen LogP contribution >= 0.6 is 0 Å². The number of nitrogens with zero attached hydrogens (tertiary/aromatic N) is 6. The molecular weight excluding hydrogens is 530 g/mol. The molecule has 0 spiro atoms. The van der Waals surface area contributed by atoms with Gasteiger partial charge in [0.15, 0.2) is 5.82 Å². The highest BCUT2D eigenvalue weighted by atomic mass is 32.2. The topological polar surface area (TPSA) is 134 Å². The van der Waals surface area contributed by atoms with Gasteiger partial charge in [-0.3, -0.25) is 9.78 Å². The van der Waals surface area contributed by atoms with Gasteiger partial charge < -0.3 is 14.6 Å². The second-order valence-electron chi connectivity index (χ2n) is 10.9. The van der Waals surface area contributed by atoms with Crippen LogP contribution in [0.25, 0.3) is 22.3 Å². The van der Waals surface area contributed by atoms with Gasteiger partial charge in [0, 0.05) is 60.9 Å². The summed E-state index contributed by atoms with van der Waals surface area (Å²) in [5, 5.41) is 7.73. The molecule has 2 fully saturated rings. The molecule has 4 aromatic heterocycles. The lowest BCUT2D eigenvalue weighted by atomic mass is 10.1. The molecular formula is C28H33N7O4S. The second-order valence-corrected chi connectivity index (χ2v) is 12.9. The maximum atomic E-state index is 13.4. The van der Waals surface area contributed by atoms with E-state index in [2.05, 4.69) is 38.8 Å². The van der Waals surface area contributed by atoms with Crippen LogP contribution < -0.4 is 5.32 Å². The Morgan fingerprint density at radius 2 is 1.90 bits per heavy atom. The average Bonchev–Trinajstić information content (AvgIpc) is 3.59.